The summed E-state index contributed by atoms with van der Waals surface area (Å²) in [5.41, 5.74) is 0.838. The minimum absolute atomic E-state index is 0.140. The zero-order chi connectivity index (χ0) is 20.6. The molecule has 0 atom stereocenters. The van der Waals surface area contributed by atoms with Crippen molar-refractivity contribution in [2.24, 2.45) is 0 Å². The molecule has 9 nitrogen and oxygen atoms in total. The van der Waals surface area contributed by atoms with Crippen molar-refractivity contribution in [2.75, 3.05) is 36.0 Å². The van der Waals surface area contributed by atoms with Crippen LogP contribution in [0.25, 0.3) is 5.78 Å². The van der Waals surface area contributed by atoms with E-state index in [1.54, 1.807) is 10.5 Å². The van der Waals surface area contributed by atoms with Crippen LogP contribution in [0.1, 0.15) is 19.4 Å². The number of carbonyl (C=O) groups is 1. The molecule has 1 amide bonds. The maximum absolute atomic E-state index is 13.2. The zero-order valence-corrected chi connectivity index (χ0v) is 17.1. The van der Waals surface area contributed by atoms with Gasteiger partial charge >= 0.3 is 0 Å². The fourth-order valence-corrected chi connectivity index (χ4v) is 3.38. The maximum atomic E-state index is 13.2. The van der Waals surface area contributed by atoms with Crippen LogP contribution in [0, 0.1) is 5.82 Å². The fourth-order valence-electron chi connectivity index (χ4n) is 2.62. The van der Waals surface area contributed by atoms with Crippen LogP contribution in [0.5, 0.6) is 0 Å². The first kappa shape index (κ1) is 20.8. The Morgan fingerprint density at radius 1 is 1.17 bits per heavy atom. The van der Waals surface area contributed by atoms with Crippen LogP contribution in [-0.4, -0.2) is 55.9 Å². The minimum atomic E-state index is -0.279. The number of fused-ring (bicyclic) bond motifs is 1. The van der Waals surface area contributed by atoms with Gasteiger partial charge in [-0.1, -0.05) is 23.9 Å². The molecule has 0 aliphatic carbocycles. The maximum Gasteiger partial charge on any atom is 0.261 e. The number of halogens is 1. The summed E-state index contributed by atoms with van der Waals surface area (Å²) in [7, 11) is 0. The van der Waals surface area contributed by atoms with Crippen molar-refractivity contribution in [3.05, 3.63) is 35.6 Å². The summed E-state index contributed by atoms with van der Waals surface area (Å²) in [6.45, 7) is 5.71. The van der Waals surface area contributed by atoms with Crippen LogP contribution in [0.15, 0.2) is 29.4 Å². The molecule has 0 unspecified atom stereocenters. The molecule has 0 saturated heterocycles. The third-order valence-corrected chi connectivity index (χ3v) is 4.80. The number of hydrogen-bond donors (Lipinski definition) is 3. The van der Waals surface area contributed by atoms with Crippen LogP contribution >= 0.6 is 11.8 Å². The first-order valence-electron chi connectivity index (χ1n) is 9.35. The summed E-state index contributed by atoms with van der Waals surface area (Å²) < 4.78 is 14.9. The average Bonchev–Trinajstić information content (AvgIpc) is 3.10. The molecule has 3 N–H and O–H groups in total. The topological polar surface area (TPSA) is 109 Å². The highest BCUT2D eigenvalue weighted by atomic mass is 32.2. The Hall–Kier alpha value is -2.95. The number of aromatic nitrogens is 5. The molecule has 0 aliphatic heterocycles. The van der Waals surface area contributed by atoms with E-state index in [2.05, 4.69) is 36.1 Å². The van der Waals surface area contributed by atoms with E-state index in [9.17, 15) is 9.18 Å². The smallest absolute Gasteiger partial charge is 0.261 e. The van der Waals surface area contributed by atoms with Gasteiger partial charge in [0.2, 0.25) is 17.8 Å². The van der Waals surface area contributed by atoms with Crippen molar-refractivity contribution in [2.45, 2.75) is 25.4 Å². The van der Waals surface area contributed by atoms with E-state index in [1.165, 1.54) is 23.9 Å². The monoisotopic (exact) mass is 418 g/mol. The van der Waals surface area contributed by atoms with Crippen molar-refractivity contribution in [1.29, 1.82) is 0 Å². The quantitative estimate of drug-likeness (QED) is 0.429. The number of rotatable bonds is 10. The van der Waals surface area contributed by atoms with Gasteiger partial charge in [-0.15, -0.1) is 10.2 Å². The summed E-state index contributed by atoms with van der Waals surface area (Å²) in [6, 6.07) is 6.35. The fraction of sp³-hybridized carbons (Fsp3) is 0.389. The van der Waals surface area contributed by atoms with Crippen LogP contribution < -0.4 is 16.0 Å². The number of hydrogen-bond acceptors (Lipinski definition) is 8. The Labute approximate surface area is 171 Å². The lowest BCUT2D eigenvalue weighted by atomic mass is 10.1. The molecule has 0 spiro atoms. The molecule has 2 heterocycles. The number of carbonyl (C=O) groups excluding carboxylic acids is 1. The summed E-state index contributed by atoms with van der Waals surface area (Å²) in [6.07, 6.45) is 0.563. The normalized spacial score (nSPS) is 10.9. The number of anilines is 2. The zero-order valence-electron chi connectivity index (χ0n) is 16.3. The molecule has 0 bridgehead atoms. The van der Waals surface area contributed by atoms with Crippen LogP contribution in [-0.2, 0) is 11.2 Å². The Morgan fingerprint density at radius 2 is 2.00 bits per heavy atom. The van der Waals surface area contributed by atoms with Crippen molar-refractivity contribution < 1.29 is 9.18 Å². The predicted octanol–water partition coefficient (Wildman–Crippen LogP) is 1.97. The van der Waals surface area contributed by atoms with Crippen LogP contribution in [0.3, 0.4) is 0 Å². The molecular formula is C18H23FN8OS. The summed E-state index contributed by atoms with van der Waals surface area (Å²) in [5.74, 6) is 1.19. The number of amides is 1. The van der Waals surface area contributed by atoms with E-state index in [4.69, 9.17) is 0 Å². The molecule has 1 aromatic carbocycles. The number of benzene rings is 1. The third-order valence-electron chi connectivity index (χ3n) is 3.87. The van der Waals surface area contributed by atoms with E-state index in [1.807, 2.05) is 19.9 Å². The third kappa shape index (κ3) is 5.53. The van der Waals surface area contributed by atoms with Crippen molar-refractivity contribution >= 4 is 35.3 Å². The number of nitrogens with zero attached hydrogens (tertiary/aromatic N) is 5. The molecule has 0 radical (unpaired) electrons. The molecule has 0 fully saturated rings. The van der Waals surface area contributed by atoms with Gasteiger partial charge in [0, 0.05) is 19.6 Å². The molecule has 2 aromatic heterocycles. The SMILES string of the molecule is CCNc1nc(NCC)n2c(SCC(=O)NCCc3cccc(F)c3)nnc2n1. The van der Waals surface area contributed by atoms with Gasteiger partial charge in [0.05, 0.1) is 5.75 Å². The number of thioether (sulfide) groups is 1. The highest BCUT2D eigenvalue weighted by Gasteiger charge is 2.15. The first-order valence-corrected chi connectivity index (χ1v) is 10.3. The molecule has 3 aromatic rings. The predicted molar refractivity (Wildman–Crippen MR) is 111 cm³/mol. The Morgan fingerprint density at radius 3 is 2.76 bits per heavy atom. The van der Waals surface area contributed by atoms with Gasteiger partial charge in [0.15, 0.2) is 5.16 Å². The summed E-state index contributed by atoms with van der Waals surface area (Å²) in [4.78, 5) is 20.9. The molecule has 0 saturated carbocycles. The van der Waals surface area contributed by atoms with Gasteiger partial charge in [-0.25, -0.2) is 8.79 Å². The first-order chi connectivity index (χ1) is 14.1. The lowest BCUT2D eigenvalue weighted by Gasteiger charge is -2.09. The molecule has 29 heavy (non-hydrogen) atoms. The van der Waals surface area contributed by atoms with Gasteiger partial charge in [-0.3, -0.25) is 4.79 Å². The Bertz CT molecular complexity index is 980. The Balaban J connectivity index is 1.60. The highest BCUT2D eigenvalue weighted by molar-refractivity contribution is 7.99. The van der Waals surface area contributed by atoms with E-state index in [0.717, 1.165) is 5.56 Å². The summed E-state index contributed by atoms with van der Waals surface area (Å²) in [5, 5.41) is 17.8. The van der Waals surface area contributed by atoms with Gasteiger partial charge in [-0.2, -0.15) is 9.97 Å². The van der Waals surface area contributed by atoms with E-state index >= 15 is 0 Å². The van der Waals surface area contributed by atoms with E-state index in [-0.39, 0.29) is 17.5 Å². The molecule has 11 heteroatoms. The van der Waals surface area contributed by atoms with Crippen LogP contribution in [0.2, 0.25) is 0 Å². The molecule has 0 aliphatic rings. The highest BCUT2D eigenvalue weighted by Crippen LogP contribution is 2.20. The largest absolute Gasteiger partial charge is 0.355 e. The van der Waals surface area contributed by atoms with Crippen LogP contribution in [0.4, 0.5) is 16.3 Å². The lowest BCUT2D eigenvalue weighted by Crippen LogP contribution is -2.27. The van der Waals surface area contributed by atoms with Gasteiger partial charge in [0.1, 0.15) is 5.82 Å². The second-order valence-electron chi connectivity index (χ2n) is 6.07. The van der Waals surface area contributed by atoms with E-state index < -0.39 is 0 Å². The number of nitrogens with one attached hydrogen (secondary N) is 3. The Kier molecular flexibility index (Phi) is 7.17. The van der Waals surface area contributed by atoms with Crippen molar-refractivity contribution in [1.82, 2.24) is 29.9 Å². The van der Waals surface area contributed by atoms with Crippen molar-refractivity contribution in [3.63, 3.8) is 0 Å². The average molecular weight is 419 g/mol. The molecule has 3 rings (SSSR count). The second kappa shape index (κ2) is 10.0. The standard InChI is InChI=1S/C18H23FN8OS/c1-3-20-15-23-16(21-4-2)27-17(24-15)25-26-18(27)29-11-14(28)22-9-8-12-6-5-7-13(19)10-12/h5-7,10H,3-4,8-9,11H2,1-2H3,(H,22,28)(H2,20,21,23,24,25). The second-order valence-corrected chi connectivity index (χ2v) is 7.01. The lowest BCUT2D eigenvalue weighted by molar-refractivity contribution is -0.118. The van der Waals surface area contributed by atoms with Gasteiger partial charge < -0.3 is 16.0 Å². The van der Waals surface area contributed by atoms with Gasteiger partial charge in [0.25, 0.3) is 5.78 Å². The minimum Gasteiger partial charge on any atom is -0.355 e. The van der Waals surface area contributed by atoms with Crippen molar-refractivity contribution in [3.8, 4) is 0 Å². The van der Waals surface area contributed by atoms with E-state index in [0.29, 0.717) is 48.9 Å². The molecular weight excluding hydrogens is 395 g/mol. The van der Waals surface area contributed by atoms with Gasteiger partial charge in [-0.05, 0) is 38.0 Å². The summed E-state index contributed by atoms with van der Waals surface area (Å²) >= 11 is 1.25. The molecule has 154 valence electrons.